The van der Waals surface area contributed by atoms with Crippen LogP contribution in [0, 0.1) is 10.1 Å². The lowest BCUT2D eigenvalue weighted by Gasteiger charge is -2.25. The molecule has 0 amide bonds. The van der Waals surface area contributed by atoms with E-state index >= 15 is 0 Å². The SMILES string of the molecule is COC(=O)C[C@@H]1c2cccc3[nH]cc(c23)C[C@H]1[N+](=O)[O-]. The molecule has 2 aromatic rings. The lowest BCUT2D eigenvalue weighted by atomic mass is 9.78. The van der Waals surface area contributed by atoms with Crippen LogP contribution in [0.5, 0.6) is 0 Å². The molecule has 0 spiro atoms. The van der Waals surface area contributed by atoms with Crippen LogP contribution in [0.1, 0.15) is 23.5 Å². The van der Waals surface area contributed by atoms with Crippen molar-refractivity contribution in [1.29, 1.82) is 0 Å². The first kappa shape index (κ1) is 12.7. The van der Waals surface area contributed by atoms with Gasteiger partial charge < -0.3 is 9.72 Å². The number of hydrogen-bond donors (Lipinski definition) is 1. The Morgan fingerprint density at radius 1 is 1.55 bits per heavy atom. The van der Waals surface area contributed by atoms with E-state index in [2.05, 4.69) is 9.72 Å². The molecule has 0 fully saturated rings. The van der Waals surface area contributed by atoms with Crippen molar-refractivity contribution in [2.75, 3.05) is 7.11 Å². The molecule has 6 heteroatoms. The van der Waals surface area contributed by atoms with Gasteiger partial charge >= 0.3 is 5.97 Å². The predicted molar refractivity (Wildman–Crippen MR) is 72.2 cm³/mol. The summed E-state index contributed by atoms with van der Waals surface area (Å²) in [4.78, 5) is 25.7. The Hall–Kier alpha value is -2.37. The number of nitro groups is 1. The molecule has 6 nitrogen and oxygen atoms in total. The van der Waals surface area contributed by atoms with E-state index in [0.29, 0.717) is 6.42 Å². The number of carbonyl (C=O) groups excluding carboxylic acids is 1. The predicted octanol–water partition coefficient (Wildman–Crippen LogP) is 2.02. The minimum atomic E-state index is -0.789. The number of benzene rings is 1. The highest BCUT2D eigenvalue weighted by molar-refractivity contribution is 5.89. The highest BCUT2D eigenvalue weighted by Gasteiger charge is 2.40. The summed E-state index contributed by atoms with van der Waals surface area (Å²) in [5.41, 5.74) is 2.75. The lowest BCUT2D eigenvalue weighted by molar-refractivity contribution is -0.526. The number of hydrogen-bond acceptors (Lipinski definition) is 4. The third-order valence-electron chi connectivity index (χ3n) is 4.00. The Balaban J connectivity index is 2.13. The van der Waals surface area contributed by atoms with Crippen LogP contribution in [0.2, 0.25) is 0 Å². The second kappa shape index (κ2) is 4.63. The van der Waals surface area contributed by atoms with Crippen LogP contribution < -0.4 is 0 Å². The molecule has 1 heterocycles. The monoisotopic (exact) mass is 274 g/mol. The van der Waals surface area contributed by atoms with Crippen molar-refractivity contribution in [2.45, 2.75) is 24.8 Å². The minimum absolute atomic E-state index is 0.0336. The fourth-order valence-electron chi connectivity index (χ4n) is 3.06. The first-order chi connectivity index (χ1) is 9.61. The van der Waals surface area contributed by atoms with Crippen molar-refractivity contribution in [2.24, 2.45) is 0 Å². The molecule has 20 heavy (non-hydrogen) atoms. The van der Waals surface area contributed by atoms with Crippen molar-refractivity contribution in [1.82, 2.24) is 4.98 Å². The van der Waals surface area contributed by atoms with Crippen molar-refractivity contribution in [3.05, 3.63) is 45.6 Å². The van der Waals surface area contributed by atoms with E-state index in [1.807, 2.05) is 24.4 Å². The Kier molecular flexibility index (Phi) is 2.93. The van der Waals surface area contributed by atoms with Gasteiger partial charge in [0.2, 0.25) is 6.04 Å². The molecule has 104 valence electrons. The zero-order chi connectivity index (χ0) is 14.3. The molecule has 1 N–H and O–H groups in total. The van der Waals surface area contributed by atoms with Crippen LogP contribution >= 0.6 is 0 Å². The van der Waals surface area contributed by atoms with Gasteiger partial charge in [0.25, 0.3) is 0 Å². The summed E-state index contributed by atoms with van der Waals surface area (Å²) >= 11 is 0. The maximum atomic E-state index is 11.6. The number of aromatic nitrogens is 1. The maximum absolute atomic E-state index is 11.6. The second-order valence-corrected chi connectivity index (χ2v) is 5.03. The molecule has 0 aliphatic heterocycles. The number of esters is 1. The average Bonchev–Trinajstić information content (AvgIpc) is 2.85. The van der Waals surface area contributed by atoms with Crippen LogP contribution in [-0.2, 0) is 16.0 Å². The Morgan fingerprint density at radius 3 is 3.05 bits per heavy atom. The van der Waals surface area contributed by atoms with Gasteiger partial charge in [-0.3, -0.25) is 14.9 Å². The summed E-state index contributed by atoms with van der Waals surface area (Å²) in [7, 11) is 1.30. The Labute approximate surface area is 114 Å². The van der Waals surface area contributed by atoms with E-state index in [0.717, 1.165) is 22.0 Å². The second-order valence-electron chi connectivity index (χ2n) is 5.03. The topological polar surface area (TPSA) is 85.2 Å². The van der Waals surface area contributed by atoms with Crippen LogP contribution in [0.3, 0.4) is 0 Å². The van der Waals surface area contributed by atoms with Crippen LogP contribution in [0.4, 0.5) is 0 Å². The molecule has 1 aromatic heterocycles. The normalized spacial score (nSPS) is 20.9. The molecule has 1 aliphatic carbocycles. The van der Waals surface area contributed by atoms with Crippen molar-refractivity contribution < 1.29 is 14.5 Å². The number of nitrogens with one attached hydrogen (secondary N) is 1. The van der Waals surface area contributed by atoms with E-state index in [1.54, 1.807) is 0 Å². The third-order valence-corrected chi connectivity index (χ3v) is 4.00. The molecule has 1 aliphatic rings. The number of aromatic amines is 1. The standard InChI is InChI=1S/C14H14N2O4/c1-20-13(17)6-10-9-3-2-4-11-14(9)8(7-15-11)5-12(10)16(18)19/h2-4,7,10,12,15H,5-6H2,1H3/t10-,12-/m1/s1. The Morgan fingerprint density at radius 2 is 2.35 bits per heavy atom. The summed E-state index contributed by atoms with van der Waals surface area (Å²) in [6.07, 6.45) is 2.19. The van der Waals surface area contributed by atoms with E-state index in [1.165, 1.54) is 7.11 Å². The van der Waals surface area contributed by atoms with Crippen LogP contribution in [0.15, 0.2) is 24.4 Å². The fraction of sp³-hybridized carbons (Fsp3) is 0.357. The molecule has 2 atom stereocenters. The van der Waals surface area contributed by atoms with Gasteiger partial charge in [0.05, 0.1) is 19.4 Å². The fourth-order valence-corrected chi connectivity index (χ4v) is 3.06. The third kappa shape index (κ3) is 1.84. The van der Waals surface area contributed by atoms with Gasteiger partial charge in [-0.25, -0.2) is 0 Å². The zero-order valence-electron chi connectivity index (χ0n) is 11.0. The average molecular weight is 274 g/mol. The lowest BCUT2D eigenvalue weighted by Crippen LogP contribution is -2.34. The van der Waals surface area contributed by atoms with Crippen molar-refractivity contribution in [3.8, 4) is 0 Å². The van der Waals surface area contributed by atoms with Gasteiger partial charge in [-0.2, -0.15) is 0 Å². The highest BCUT2D eigenvalue weighted by Crippen LogP contribution is 2.39. The van der Waals surface area contributed by atoms with Crippen LogP contribution in [0.25, 0.3) is 10.9 Å². The van der Waals surface area contributed by atoms with Gasteiger partial charge in [-0.1, -0.05) is 12.1 Å². The molecule has 0 radical (unpaired) electrons. The maximum Gasteiger partial charge on any atom is 0.306 e. The number of carbonyl (C=O) groups is 1. The number of H-pyrrole nitrogens is 1. The zero-order valence-corrected chi connectivity index (χ0v) is 11.0. The largest absolute Gasteiger partial charge is 0.469 e. The van der Waals surface area contributed by atoms with Crippen molar-refractivity contribution in [3.63, 3.8) is 0 Å². The van der Waals surface area contributed by atoms with Gasteiger partial charge in [-0.15, -0.1) is 0 Å². The quantitative estimate of drug-likeness (QED) is 0.527. The first-order valence-electron chi connectivity index (χ1n) is 6.41. The molecule has 0 saturated carbocycles. The Bertz CT molecular complexity index is 692. The number of nitrogens with zero attached hydrogens (tertiary/aromatic N) is 1. The van der Waals surface area contributed by atoms with Gasteiger partial charge in [0.15, 0.2) is 0 Å². The van der Waals surface area contributed by atoms with Gasteiger partial charge in [0.1, 0.15) is 0 Å². The summed E-state index contributed by atoms with van der Waals surface area (Å²) in [5, 5.41) is 12.3. The van der Waals surface area contributed by atoms with Gasteiger partial charge in [0, 0.05) is 28.4 Å². The van der Waals surface area contributed by atoms with E-state index in [9.17, 15) is 14.9 Å². The summed E-state index contributed by atoms with van der Waals surface area (Å²) in [6, 6.07) is 4.86. The smallest absolute Gasteiger partial charge is 0.306 e. The van der Waals surface area contributed by atoms with E-state index in [4.69, 9.17) is 0 Å². The molecule has 0 saturated heterocycles. The number of methoxy groups -OCH3 is 1. The van der Waals surface area contributed by atoms with Crippen molar-refractivity contribution >= 4 is 16.9 Å². The molecular weight excluding hydrogens is 260 g/mol. The molecule has 3 rings (SSSR count). The first-order valence-corrected chi connectivity index (χ1v) is 6.41. The number of ether oxygens (including phenoxy) is 1. The van der Waals surface area contributed by atoms with Crippen LogP contribution in [-0.4, -0.2) is 29.0 Å². The highest BCUT2D eigenvalue weighted by atomic mass is 16.6. The summed E-state index contributed by atoms with van der Waals surface area (Å²) < 4.78 is 4.68. The van der Waals surface area contributed by atoms with Gasteiger partial charge in [-0.05, 0) is 17.2 Å². The number of rotatable bonds is 3. The van der Waals surface area contributed by atoms with E-state index < -0.39 is 17.9 Å². The molecule has 0 bridgehead atoms. The molecule has 0 unspecified atom stereocenters. The molecule has 1 aromatic carbocycles. The summed E-state index contributed by atoms with van der Waals surface area (Å²) in [5.74, 6) is -0.859. The minimum Gasteiger partial charge on any atom is -0.469 e. The summed E-state index contributed by atoms with van der Waals surface area (Å²) in [6.45, 7) is 0. The molecular formula is C14H14N2O4. The van der Waals surface area contributed by atoms with E-state index in [-0.39, 0.29) is 11.3 Å².